The predicted octanol–water partition coefficient (Wildman–Crippen LogP) is 14.6. The maximum Gasteiger partial charge on any atom is 0.0158 e. The van der Waals surface area contributed by atoms with Crippen molar-refractivity contribution in [1.29, 1.82) is 0 Å². The van der Waals surface area contributed by atoms with Gasteiger partial charge in [0.25, 0.3) is 0 Å². The van der Waals surface area contributed by atoms with Gasteiger partial charge in [-0.1, -0.05) is 194 Å². The fraction of sp³-hybridized carbons (Fsp3) is 1.00. The fourth-order valence-corrected chi connectivity index (χ4v) is 7.19. The van der Waals surface area contributed by atoms with Gasteiger partial charge in [0, 0.05) is 11.1 Å². The minimum atomic E-state index is 0.311. The summed E-state index contributed by atoms with van der Waals surface area (Å²) >= 11 is 0. The van der Waals surface area contributed by atoms with Crippen LogP contribution in [0.15, 0.2) is 0 Å². The Bertz CT molecular complexity index is 479. The fourth-order valence-electron chi connectivity index (χ4n) is 7.19. The van der Waals surface area contributed by atoms with Gasteiger partial charge in [-0.2, -0.15) is 0 Å². The predicted molar refractivity (Wildman–Crippen MR) is 190 cm³/mol. The molecule has 0 aromatic rings. The first-order valence-corrected chi connectivity index (χ1v) is 19.6. The maximum atomic E-state index is 2.96. The summed E-state index contributed by atoms with van der Waals surface area (Å²) in [5, 5.41) is 0. The lowest BCUT2D eigenvalue weighted by Crippen LogP contribution is -2.55. The monoisotopic (exact) mass is 578 g/mol. The van der Waals surface area contributed by atoms with Gasteiger partial charge in [0.1, 0.15) is 0 Å². The average molecular weight is 578 g/mol. The van der Waals surface area contributed by atoms with Crippen LogP contribution < -0.4 is 0 Å². The van der Waals surface area contributed by atoms with E-state index in [9.17, 15) is 0 Å². The zero-order chi connectivity index (χ0) is 30.5. The molecule has 0 spiro atoms. The third kappa shape index (κ3) is 25.0. The molecule has 248 valence electrons. The Morgan fingerprint density at radius 1 is 0.293 bits per heavy atom. The molecule has 0 fully saturated rings. The van der Waals surface area contributed by atoms with Crippen LogP contribution in [0.5, 0.6) is 0 Å². The number of hydrogen-bond donors (Lipinski definition) is 0. The van der Waals surface area contributed by atoms with Crippen molar-refractivity contribution in [2.45, 2.75) is 252 Å². The van der Waals surface area contributed by atoms with E-state index in [1.165, 1.54) is 199 Å². The molecule has 0 atom stereocenters. The topological polar surface area (TPSA) is 3.24 Å². The standard InChI is InChI=1S/C40H83N/c1-8-11-14-17-20-21-22-23-24-25-26-27-28-29-32-35-38-41(39(4,5)36-33-30-18-15-12-9-2)40(6,7)37-34-31-19-16-13-10-3/h8-38H2,1-7H3. The van der Waals surface area contributed by atoms with E-state index >= 15 is 0 Å². The molecular weight excluding hydrogens is 494 g/mol. The zero-order valence-corrected chi connectivity index (χ0v) is 30.4. The van der Waals surface area contributed by atoms with Crippen LogP contribution in [0.4, 0.5) is 0 Å². The van der Waals surface area contributed by atoms with Crippen LogP contribution in [0, 0.1) is 0 Å². The van der Waals surface area contributed by atoms with Crippen molar-refractivity contribution in [3.63, 3.8) is 0 Å². The third-order valence-electron chi connectivity index (χ3n) is 9.98. The van der Waals surface area contributed by atoms with E-state index in [-0.39, 0.29) is 0 Å². The van der Waals surface area contributed by atoms with Crippen LogP contribution in [0.2, 0.25) is 0 Å². The smallest absolute Gasteiger partial charge is 0.0158 e. The number of nitrogens with zero attached hydrogens (tertiary/aromatic N) is 1. The third-order valence-corrected chi connectivity index (χ3v) is 9.98. The average Bonchev–Trinajstić information content (AvgIpc) is 2.94. The van der Waals surface area contributed by atoms with Gasteiger partial charge in [-0.05, 0) is 53.5 Å². The van der Waals surface area contributed by atoms with Crippen molar-refractivity contribution < 1.29 is 0 Å². The summed E-state index contributed by atoms with van der Waals surface area (Å²) in [7, 11) is 0. The molecule has 1 heteroatoms. The quantitative estimate of drug-likeness (QED) is 0.0701. The molecule has 0 aromatic heterocycles. The number of unbranched alkanes of at least 4 members (excludes halogenated alkanes) is 25. The number of hydrogen-bond acceptors (Lipinski definition) is 1. The van der Waals surface area contributed by atoms with E-state index in [4.69, 9.17) is 0 Å². The summed E-state index contributed by atoms with van der Waals surface area (Å²) in [6.45, 7) is 18.5. The largest absolute Gasteiger partial charge is 0.293 e. The van der Waals surface area contributed by atoms with Crippen LogP contribution in [-0.4, -0.2) is 22.5 Å². The Balaban J connectivity index is 4.32. The van der Waals surface area contributed by atoms with Crippen LogP contribution in [-0.2, 0) is 0 Å². The molecule has 0 aliphatic rings. The molecule has 0 saturated carbocycles. The van der Waals surface area contributed by atoms with E-state index in [1.807, 2.05) is 0 Å². The molecule has 0 amide bonds. The van der Waals surface area contributed by atoms with Crippen molar-refractivity contribution in [3.8, 4) is 0 Å². The second kappa shape index (κ2) is 28.7. The van der Waals surface area contributed by atoms with Gasteiger partial charge in [-0.3, -0.25) is 4.90 Å². The normalized spacial score (nSPS) is 12.6. The molecule has 0 rings (SSSR count). The molecule has 0 heterocycles. The summed E-state index contributed by atoms with van der Waals surface area (Å²) in [5.74, 6) is 0. The lowest BCUT2D eigenvalue weighted by molar-refractivity contribution is 0.00151. The first-order valence-electron chi connectivity index (χ1n) is 19.6. The second-order valence-electron chi connectivity index (χ2n) is 15.1. The zero-order valence-electron chi connectivity index (χ0n) is 30.4. The van der Waals surface area contributed by atoms with Crippen molar-refractivity contribution in [1.82, 2.24) is 4.90 Å². The summed E-state index contributed by atoms with van der Waals surface area (Å²) in [5.41, 5.74) is 0.623. The van der Waals surface area contributed by atoms with Gasteiger partial charge in [0.05, 0.1) is 0 Å². The molecule has 0 aliphatic carbocycles. The van der Waals surface area contributed by atoms with E-state index in [0.29, 0.717) is 11.1 Å². The highest BCUT2D eigenvalue weighted by molar-refractivity contribution is 4.92. The van der Waals surface area contributed by atoms with Crippen LogP contribution >= 0.6 is 0 Å². The molecular formula is C40H83N. The van der Waals surface area contributed by atoms with E-state index in [2.05, 4.69) is 53.4 Å². The SMILES string of the molecule is CCCCCCCCCCCCCCCCCCN(C(C)(C)CCCCCCCC)C(C)(C)CCCCCCCC. The van der Waals surface area contributed by atoms with Gasteiger partial charge < -0.3 is 0 Å². The van der Waals surface area contributed by atoms with E-state index in [1.54, 1.807) is 0 Å². The molecule has 41 heavy (non-hydrogen) atoms. The van der Waals surface area contributed by atoms with Crippen LogP contribution in [0.1, 0.15) is 241 Å². The molecule has 0 aliphatic heterocycles. The minimum Gasteiger partial charge on any atom is -0.293 e. The van der Waals surface area contributed by atoms with Gasteiger partial charge in [0.2, 0.25) is 0 Å². The van der Waals surface area contributed by atoms with Gasteiger partial charge in [-0.15, -0.1) is 0 Å². The molecule has 0 N–H and O–H groups in total. The molecule has 0 bridgehead atoms. The molecule has 0 saturated heterocycles. The van der Waals surface area contributed by atoms with Gasteiger partial charge in [0.15, 0.2) is 0 Å². The molecule has 0 radical (unpaired) electrons. The van der Waals surface area contributed by atoms with Gasteiger partial charge in [-0.25, -0.2) is 0 Å². The Morgan fingerprint density at radius 3 is 0.780 bits per heavy atom. The summed E-state index contributed by atoms with van der Waals surface area (Å²) in [6, 6.07) is 0. The van der Waals surface area contributed by atoms with E-state index in [0.717, 1.165) is 0 Å². The Morgan fingerprint density at radius 2 is 0.512 bits per heavy atom. The van der Waals surface area contributed by atoms with Crippen LogP contribution in [0.3, 0.4) is 0 Å². The first-order chi connectivity index (χ1) is 19.8. The molecule has 0 unspecified atom stereocenters. The van der Waals surface area contributed by atoms with Crippen molar-refractivity contribution in [2.24, 2.45) is 0 Å². The Kier molecular flexibility index (Phi) is 28.7. The van der Waals surface area contributed by atoms with Crippen molar-refractivity contribution in [3.05, 3.63) is 0 Å². The molecule has 1 nitrogen and oxygen atoms in total. The Hall–Kier alpha value is -0.0400. The lowest BCUT2D eigenvalue weighted by atomic mass is 9.85. The Labute approximate surface area is 263 Å². The first kappa shape index (κ1) is 41.0. The number of rotatable bonds is 33. The summed E-state index contributed by atoms with van der Waals surface area (Å²) in [6.07, 6.45) is 42.9. The second-order valence-corrected chi connectivity index (χ2v) is 15.1. The van der Waals surface area contributed by atoms with Crippen molar-refractivity contribution >= 4 is 0 Å². The van der Waals surface area contributed by atoms with Crippen molar-refractivity contribution in [2.75, 3.05) is 6.54 Å². The highest BCUT2D eigenvalue weighted by atomic mass is 15.2. The highest BCUT2D eigenvalue weighted by Crippen LogP contribution is 2.34. The van der Waals surface area contributed by atoms with Crippen LogP contribution in [0.25, 0.3) is 0 Å². The van der Waals surface area contributed by atoms with Gasteiger partial charge >= 0.3 is 0 Å². The highest BCUT2D eigenvalue weighted by Gasteiger charge is 2.36. The molecule has 0 aromatic carbocycles. The maximum absolute atomic E-state index is 2.96. The summed E-state index contributed by atoms with van der Waals surface area (Å²) < 4.78 is 0. The minimum absolute atomic E-state index is 0.311. The lowest BCUT2D eigenvalue weighted by Gasteiger charge is -2.49. The van der Waals surface area contributed by atoms with E-state index < -0.39 is 0 Å². The summed E-state index contributed by atoms with van der Waals surface area (Å²) in [4.78, 5) is 2.96.